The maximum absolute atomic E-state index is 2.36. The fourth-order valence-electron chi connectivity index (χ4n) is 2.19. The Labute approximate surface area is 120 Å². The van der Waals surface area contributed by atoms with Crippen LogP contribution in [0.5, 0.6) is 0 Å². The fourth-order valence-corrected chi connectivity index (χ4v) is 3.82. The summed E-state index contributed by atoms with van der Waals surface area (Å²) in [5.74, 6) is 3.00. The lowest BCUT2D eigenvalue weighted by molar-refractivity contribution is 0.866. The first kappa shape index (κ1) is 14.2. The lowest BCUT2D eigenvalue weighted by atomic mass is 10.0. The Morgan fingerprint density at radius 3 is 1.84 bits per heavy atom. The summed E-state index contributed by atoms with van der Waals surface area (Å²) in [5.41, 5.74) is 4.35. The van der Waals surface area contributed by atoms with Crippen LogP contribution in [-0.2, 0) is 22.4 Å². The van der Waals surface area contributed by atoms with Crippen LogP contribution < -0.4 is 0 Å². The Kier molecular flexibility index (Phi) is 5.09. The predicted octanol–water partition coefficient (Wildman–Crippen LogP) is 4.76. The van der Waals surface area contributed by atoms with E-state index in [1.165, 1.54) is 28.2 Å². The monoisotopic (exact) mass is 271 g/mol. The minimum absolute atomic E-state index is 0.411. The molecule has 0 nitrogen and oxygen atoms in total. The molecule has 0 aliphatic heterocycles. The Bertz CT molecular complexity index is 485. The molecule has 0 heterocycles. The largest absolute Gasteiger partial charge is 0.133 e. The Balaban J connectivity index is 1.93. The van der Waals surface area contributed by atoms with E-state index in [9.17, 15) is 0 Å². The highest BCUT2D eigenvalue weighted by atomic mass is 32.2. The number of benzene rings is 2. The second-order valence-electron chi connectivity index (χ2n) is 5.45. The zero-order valence-corrected chi connectivity index (χ0v) is 12.9. The van der Waals surface area contributed by atoms with E-state index in [2.05, 4.69) is 74.7 Å². The average Bonchev–Trinajstić information content (AvgIpc) is 2.40. The first-order valence-electron chi connectivity index (χ1n) is 6.87. The van der Waals surface area contributed by atoms with Crippen molar-refractivity contribution in [3.63, 3.8) is 0 Å². The summed E-state index contributed by atoms with van der Waals surface area (Å²) in [6.07, 6.45) is 2.36. The summed E-state index contributed by atoms with van der Waals surface area (Å²) >= 11 is 0. The molecule has 0 aliphatic carbocycles. The van der Waals surface area contributed by atoms with Crippen molar-refractivity contribution in [2.75, 3.05) is 6.26 Å². The molecule has 0 amide bonds. The molecule has 0 saturated carbocycles. The summed E-state index contributed by atoms with van der Waals surface area (Å²) in [5, 5.41) is 0. The van der Waals surface area contributed by atoms with Gasteiger partial charge >= 0.3 is 0 Å². The molecule has 0 saturated heterocycles. The Morgan fingerprint density at radius 2 is 1.32 bits per heavy atom. The summed E-state index contributed by atoms with van der Waals surface area (Å²) in [6.45, 7) is 4.49. The van der Waals surface area contributed by atoms with Gasteiger partial charge in [0.2, 0.25) is 0 Å². The molecule has 0 spiro atoms. The van der Waals surface area contributed by atoms with Gasteiger partial charge in [0, 0.05) is 11.1 Å². The Morgan fingerprint density at radius 1 is 0.789 bits per heavy atom. The van der Waals surface area contributed by atoms with Crippen LogP contribution in [0.2, 0.25) is 0 Å². The number of rotatable bonds is 5. The van der Waals surface area contributed by atoms with Crippen LogP contribution in [0, 0.1) is 0 Å². The van der Waals surface area contributed by atoms with Crippen molar-refractivity contribution in [3.8, 4) is 0 Å². The molecule has 0 radical (unpaired) electrons. The minimum Gasteiger partial charge on any atom is -0.0622 e. The van der Waals surface area contributed by atoms with Gasteiger partial charge in [-0.05, 0) is 22.4 Å². The molecule has 2 aromatic rings. The third-order valence-electron chi connectivity index (χ3n) is 3.32. The van der Waals surface area contributed by atoms with Crippen molar-refractivity contribution in [3.05, 3.63) is 71.3 Å². The summed E-state index contributed by atoms with van der Waals surface area (Å²) < 4.78 is 0. The zero-order valence-electron chi connectivity index (χ0n) is 12.1. The van der Waals surface area contributed by atoms with E-state index in [1.54, 1.807) is 0 Å². The van der Waals surface area contributed by atoms with Gasteiger partial charge in [-0.1, -0.05) is 68.4 Å². The van der Waals surface area contributed by atoms with Crippen LogP contribution in [0.4, 0.5) is 0 Å². The highest BCUT2D eigenvalue weighted by Gasteiger charge is 2.13. The molecule has 1 unspecified atom stereocenters. The van der Waals surface area contributed by atoms with Crippen LogP contribution in [-0.4, -0.2) is 6.26 Å². The van der Waals surface area contributed by atoms with Gasteiger partial charge in [-0.3, -0.25) is 0 Å². The molecule has 0 aliphatic rings. The highest BCUT2D eigenvalue weighted by molar-refractivity contribution is 7.94. The van der Waals surface area contributed by atoms with Gasteiger partial charge in [0.1, 0.15) is 11.5 Å². The van der Waals surface area contributed by atoms with Crippen molar-refractivity contribution in [2.45, 2.75) is 31.3 Å². The van der Waals surface area contributed by atoms with Crippen LogP contribution in [0.15, 0.2) is 54.6 Å². The van der Waals surface area contributed by atoms with Crippen molar-refractivity contribution in [1.82, 2.24) is 0 Å². The molecule has 0 N–H and O–H groups in total. The number of hydrogen-bond donors (Lipinski definition) is 0. The maximum atomic E-state index is 2.36. The van der Waals surface area contributed by atoms with Crippen molar-refractivity contribution in [1.29, 1.82) is 0 Å². The normalized spacial score (nSPS) is 12.6. The quantitative estimate of drug-likeness (QED) is 0.688. The third-order valence-corrected chi connectivity index (χ3v) is 4.97. The Hall–Kier alpha value is -1.21. The summed E-state index contributed by atoms with van der Waals surface area (Å²) in [4.78, 5) is 0. The molecular weight excluding hydrogens is 248 g/mol. The van der Waals surface area contributed by atoms with Gasteiger partial charge in [0.05, 0.1) is 6.26 Å². The second-order valence-corrected chi connectivity index (χ2v) is 7.59. The SMILES string of the molecule is CC(C)c1ccc(C[S+](C)Cc2ccccc2)cc1. The second kappa shape index (κ2) is 6.81. The van der Waals surface area contributed by atoms with Gasteiger partial charge in [-0.2, -0.15) is 0 Å². The van der Waals surface area contributed by atoms with Crippen LogP contribution >= 0.6 is 0 Å². The van der Waals surface area contributed by atoms with Crippen LogP contribution in [0.1, 0.15) is 36.5 Å². The first-order chi connectivity index (χ1) is 9.15. The molecule has 1 atom stereocenters. The topological polar surface area (TPSA) is 0 Å². The molecule has 0 fully saturated rings. The van der Waals surface area contributed by atoms with E-state index in [4.69, 9.17) is 0 Å². The standard InChI is InChI=1S/C18H23S/c1-15(2)18-11-9-17(10-12-18)14-19(3)13-16-7-5-4-6-8-16/h4-12,15H,13-14H2,1-3H3/q+1. The molecule has 19 heavy (non-hydrogen) atoms. The maximum Gasteiger partial charge on any atom is 0.133 e. The highest BCUT2D eigenvalue weighted by Crippen LogP contribution is 2.17. The summed E-state index contributed by atoms with van der Waals surface area (Å²) in [7, 11) is 0.411. The van der Waals surface area contributed by atoms with Gasteiger partial charge < -0.3 is 0 Å². The lowest BCUT2D eigenvalue weighted by Gasteiger charge is -2.07. The molecule has 0 aromatic heterocycles. The predicted molar refractivity (Wildman–Crippen MR) is 87.7 cm³/mol. The van der Waals surface area contributed by atoms with E-state index >= 15 is 0 Å². The molecule has 100 valence electrons. The van der Waals surface area contributed by atoms with Crippen molar-refractivity contribution in [2.24, 2.45) is 0 Å². The third kappa shape index (κ3) is 4.43. The minimum atomic E-state index is 0.411. The zero-order chi connectivity index (χ0) is 13.7. The lowest BCUT2D eigenvalue weighted by Crippen LogP contribution is -2.06. The van der Waals surface area contributed by atoms with E-state index in [1.807, 2.05) is 0 Å². The fraction of sp³-hybridized carbons (Fsp3) is 0.333. The molecular formula is C18H23S+. The van der Waals surface area contributed by atoms with Crippen molar-refractivity contribution >= 4 is 10.9 Å². The smallest absolute Gasteiger partial charge is 0.0622 e. The van der Waals surface area contributed by atoms with Gasteiger partial charge in [-0.25, -0.2) is 0 Å². The summed E-state index contributed by atoms with van der Waals surface area (Å²) in [6, 6.07) is 19.9. The van der Waals surface area contributed by atoms with Gasteiger partial charge in [0.15, 0.2) is 0 Å². The van der Waals surface area contributed by atoms with E-state index in [0.29, 0.717) is 16.8 Å². The first-order valence-corrected chi connectivity index (χ1v) is 8.84. The molecule has 2 aromatic carbocycles. The average molecular weight is 271 g/mol. The van der Waals surface area contributed by atoms with Gasteiger partial charge in [-0.15, -0.1) is 0 Å². The van der Waals surface area contributed by atoms with E-state index < -0.39 is 0 Å². The van der Waals surface area contributed by atoms with Gasteiger partial charge in [0.25, 0.3) is 0 Å². The molecule has 2 rings (SSSR count). The molecule has 1 heteroatoms. The van der Waals surface area contributed by atoms with Crippen molar-refractivity contribution < 1.29 is 0 Å². The van der Waals surface area contributed by atoms with E-state index in [0.717, 1.165) is 0 Å². The van der Waals surface area contributed by atoms with E-state index in [-0.39, 0.29) is 0 Å². The number of hydrogen-bond acceptors (Lipinski definition) is 0. The van der Waals surface area contributed by atoms with Crippen LogP contribution in [0.3, 0.4) is 0 Å². The molecule has 0 bridgehead atoms. The van der Waals surface area contributed by atoms with Crippen LogP contribution in [0.25, 0.3) is 0 Å².